The van der Waals surface area contributed by atoms with Crippen LogP contribution in [0, 0.1) is 23.7 Å². The highest BCUT2D eigenvalue weighted by Gasteiger charge is 2.25. The van der Waals surface area contributed by atoms with E-state index in [1.165, 1.54) is 6.92 Å². The molecule has 1 heterocycles. The maximum absolute atomic E-state index is 12.3. The van der Waals surface area contributed by atoms with Crippen LogP contribution >= 0.6 is 0 Å². The van der Waals surface area contributed by atoms with Gasteiger partial charge in [0.15, 0.2) is 5.78 Å². The number of aliphatic hydroxyl groups is 2. The van der Waals surface area contributed by atoms with E-state index in [9.17, 15) is 19.5 Å². The van der Waals surface area contributed by atoms with Crippen molar-refractivity contribution in [3.63, 3.8) is 0 Å². The molecule has 3 rings (SSSR count). The van der Waals surface area contributed by atoms with Gasteiger partial charge in [-0.25, -0.2) is 0 Å². The Balaban J connectivity index is 1.51. The molecule has 8 nitrogen and oxygen atoms in total. The number of ketones is 1. The lowest BCUT2D eigenvalue weighted by Crippen LogP contribution is -2.48. The minimum atomic E-state index is -1.19. The number of amides is 2. The van der Waals surface area contributed by atoms with E-state index in [4.69, 9.17) is 5.11 Å². The maximum atomic E-state index is 12.3. The third kappa shape index (κ3) is 8.72. The lowest BCUT2D eigenvalue weighted by molar-refractivity contribution is -0.126. The van der Waals surface area contributed by atoms with E-state index < -0.39 is 30.4 Å². The Kier molecular flexibility index (Phi) is 10.3. The number of hydrogen-bond acceptors (Lipinski definition) is 6. The van der Waals surface area contributed by atoms with Gasteiger partial charge >= 0.3 is 0 Å². The number of aliphatic hydroxyl groups excluding tert-OH is 2. The van der Waals surface area contributed by atoms with Gasteiger partial charge < -0.3 is 20.8 Å². The predicted octanol–water partition coefficient (Wildman–Crippen LogP) is 2.10. The standard InChI is InChI=1S/C30H27N3O5/c1-21(35)29(27(36)20-34)33-30(38)25-13-8-22(9-14-25)5-2-3-6-23-10-15-26(16-11-23)32-28(37)17-12-24-7-4-18-31-19-24/h4,7-11,13-16,18-19,21,29,34-35H,12,17,20H2,1H3,(H,32,37)(H,33,38)/t21-,29+/m1/s1. The second-order valence-corrected chi connectivity index (χ2v) is 8.38. The van der Waals surface area contributed by atoms with E-state index in [0.717, 1.165) is 11.1 Å². The van der Waals surface area contributed by atoms with Gasteiger partial charge in [-0.05, 0) is 85.3 Å². The van der Waals surface area contributed by atoms with Crippen molar-refractivity contribution in [2.24, 2.45) is 0 Å². The fourth-order valence-corrected chi connectivity index (χ4v) is 3.37. The molecule has 1 aromatic heterocycles. The number of pyridine rings is 1. The molecule has 0 spiro atoms. The first-order valence-corrected chi connectivity index (χ1v) is 11.9. The zero-order chi connectivity index (χ0) is 27.3. The summed E-state index contributed by atoms with van der Waals surface area (Å²) < 4.78 is 0. The molecular formula is C30H27N3O5. The Bertz CT molecular complexity index is 1380. The smallest absolute Gasteiger partial charge is 0.251 e. The molecule has 38 heavy (non-hydrogen) atoms. The Labute approximate surface area is 221 Å². The third-order valence-corrected chi connectivity index (χ3v) is 5.43. The summed E-state index contributed by atoms with van der Waals surface area (Å²) in [5, 5.41) is 23.9. The van der Waals surface area contributed by atoms with Crippen molar-refractivity contribution in [1.82, 2.24) is 10.3 Å². The van der Waals surface area contributed by atoms with Crippen LogP contribution in [0.15, 0.2) is 73.1 Å². The molecule has 0 unspecified atom stereocenters. The van der Waals surface area contributed by atoms with E-state index in [2.05, 4.69) is 39.3 Å². The van der Waals surface area contributed by atoms with E-state index in [1.54, 1.807) is 60.9 Å². The number of aromatic nitrogens is 1. The van der Waals surface area contributed by atoms with Crippen LogP contribution in [0.2, 0.25) is 0 Å². The number of nitrogens with zero attached hydrogens (tertiary/aromatic N) is 1. The summed E-state index contributed by atoms with van der Waals surface area (Å²) in [5.41, 5.74) is 3.35. The normalized spacial score (nSPS) is 11.6. The van der Waals surface area contributed by atoms with Crippen LogP contribution in [0.1, 0.15) is 40.4 Å². The quantitative estimate of drug-likeness (QED) is 0.327. The first-order chi connectivity index (χ1) is 18.4. The van der Waals surface area contributed by atoms with E-state index in [0.29, 0.717) is 24.1 Å². The van der Waals surface area contributed by atoms with E-state index in [-0.39, 0.29) is 11.5 Å². The number of benzene rings is 2. The molecule has 2 atom stereocenters. The second kappa shape index (κ2) is 14.1. The summed E-state index contributed by atoms with van der Waals surface area (Å²) in [6.07, 6.45) is 3.29. The molecule has 0 aliphatic carbocycles. The van der Waals surface area contributed by atoms with Gasteiger partial charge in [-0.3, -0.25) is 19.4 Å². The highest BCUT2D eigenvalue weighted by atomic mass is 16.3. The molecule has 2 amide bonds. The van der Waals surface area contributed by atoms with Crippen LogP contribution in [-0.2, 0) is 16.0 Å². The maximum Gasteiger partial charge on any atom is 0.251 e. The number of Topliss-reactive ketones (excluding diaryl/α,β-unsaturated/α-hetero) is 1. The van der Waals surface area contributed by atoms with Gasteiger partial charge in [0.05, 0.1) is 6.10 Å². The molecule has 0 bridgehead atoms. The van der Waals surface area contributed by atoms with Gasteiger partial charge in [-0.1, -0.05) is 17.9 Å². The van der Waals surface area contributed by atoms with Crippen LogP contribution in [0.25, 0.3) is 0 Å². The van der Waals surface area contributed by atoms with Gasteiger partial charge in [0.2, 0.25) is 5.91 Å². The SMILES string of the molecule is C[C@@H](O)[C@H](NC(=O)c1ccc(C#CC#Cc2ccc(NC(=O)CCc3cccnc3)cc2)cc1)C(=O)CO. The minimum absolute atomic E-state index is 0.0801. The average molecular weight is 510 g/mol. The molecule has 0 fully saturated rings. The Morgan fingerprint density at radius 3 is 2.13 bits per heavy atom. The zero-order valence-corrected chi connectivity index (χ0v) is 20.8. The first kappa shape index (κ1) is 27.8. The number of rotatable bonds is 9. The fraction of sp³-hybridized carbons (Fsp3) is 0.200. The largest absolute Gasteiger partial charge is 0.391 e. The van der Waals surface area contributed by atoms with Crippen LogP contribution in [0.3, 0.4) is 0 Å². The molecule has 0 saturated heterocycles. The van der Waals surface area contributed by atoms with Gasteiger partial charge in [0.1, 0.15) is 12.6 Å². The predicted molar refractivity (Wildman–Crippen MR) is 143 cm³/mol. The molecule has 3 aromatic rings. The second-order valence-electron chi connectivity index (χ2n) is 8.38. The third-order valence-electron chi connectivity index (χ3n) is 5.43. The molecule has 192 valence electrons. The van der Waals surface area contributed by atoms with Gasteiger partial charge in [-0.2, -0.15) is 0 Å². The molecular weight excluding hydrogens is 482 g/mol. The Hall–Kier alpha value is -4.76. The molecule has 0 radical (unpaired) electrons. The summed E-state index contributed by atoms with van der Waals surface area (Å²) in [5.74, 6) is 10.0. The summed E-state index contributed by atoms with van der Waals surface area (Å²) in [7, 11) is 0. The molecule has 4 N–H and O–H groups in total. The van der Waals surface area contributed by atoms with Crippen molar-refractivity contribution in [3.05, 3.63) is 95.3 Å². The van der Waals surface area contributed by atoms with Crippen molar-refractivity contribution in [3.8, 4) is 23.7 Å². The topological polar surface area (TPSA) is 129 Å². The first-order valence-electron chi connectivity index (χ1n) is 11.9. The molecule has 2 aromatic carbocycles. The van der Waals surface area contributed by atoms with Crippen molar-refractivity contribution in [2.45, 2.75) is 31.9 Å². The minimum Gasteiger partial charge on any atom is -0.391 e. The summed E-state index contributed by atoms with van der Waals surface area (Å²) in [4.78, 5) is 40.2. The van der Waals surface area contributed by atoms with Crippen LogP contribution < -0.4 is 10.6 Å². The van der Waals surface area contributed by atoms with Gasteiger partial charge in [-0.15, -0.1) is 0 Å². The molecule has 0 aliphatic rings. The van der Waals surface area contributed by atoms with E-state index >= 15 is 0 Å². The van der Waals surface area contributed by atoms with Crippen molar-refractivity contribution < 1.29 is 24.6 Å². The lowest BCUT2D eigenvalue weighted by Gasteiger charge is -2.19. The van der Waals surface area contributed by atoms with Crippen LogP contribution in [0.4, 0.5) is 5.69 Å². The number of carbonyl (C=O) groups excluding carboxylic acids is 3. The Morgan fingerprint density at radius 1 is 0.947 bits per heavy atom. The monoisotopic (exact) mass is 509 g/mol. The van der Waals surface area contributed by atoms with Crippen molar-refractivity contribution >= 4 is 23.3 Å². The highest BCUT2D eigenvalue weighted by Crippen LogP contribution is 2.10. The zero-order valence-electron chi connectivity index (χ0n) is 20.8. The van der Waals surface area contributed by atoms with Crippen LogP contribution in [-0.4, -0.2) is 51.5 Å². The Morgan fingerprint density at radius 2 is 1.58 bits per heavy atom. The van der Waals surface area contributed by atoms with E-state index in [1.807, 2.05) is 12.1 Å². The number of aryl methyl sites for hydroxylation is 1. The summed E-state index contributed by atoms with van der Waals surface area (Å²) in [6.45, 7) is 0.580. The highest BCUT2D eigenvalue weighted by molar-refractivity contribution is 5.98. The molecule has 0 saturated carbocycles. The molecule has 8 heteroatoms. The van der Waals surface area contributed by atoms with Crippen molar-refractivity contribution in [1.29, 1.82) is 0 Å². The summed E-state index contributed by atoms with van der Waals surface area (Å²) in [6, 6.07) is 16.1. The number of nitrogens with one attached hydrogen (secondary N) is 2. The average Bonchev–Trinajstić information content (AvgIpc) is 2.94. The molecule has 0 aliphatic heterocycles. The number of carbonyl (C=O) groups is 3. The van der Waals surface area contributed by atoms with Crippen molar-refractivity contribution in [2.75, 3.05) is 11.9 Å². The number of hydrogen-bond donors (Lipinski definition) is 4. The van der Waals surface area contributed by atoms with Crippen LogP contribution in [0.5, 0.6) is 0 Å². The van der Waals surface area contributed by atoms with Gasteiger partial charge in [0.25, 0.3) is 5.91 Å². The number of anilines is 1. The summed E-state index contributed by atoms with van der Waals surface area (Å²) >= 11 is 0. The fourth-order valence-electron chi connectivity index (χ4n) is 3.37. The lowest BCUT2D eigenvalue weighted by atomic mass is 10.1. The van der Waals surface area contributed by atoms with Gasteiger partial charge in [0, 0.05) is 41.2 Å².